The zero-order chi connectivity index (χ0) is 20.7. The number of carbonyl (C=O) groups is 1. The second-order valence-electron chi connectivity index (χ2n) is 9.72. The van der Waals surface area contributed by atoms with E-state index in [4.69, 9.17) is 4.98 Å². The molecule has 6 heteroatoms. The molecule has 0 saturated heterocycles. The molecule has 1 atom stereocenters. The Hall–Kier alpha value is -2.50. The number of pyridine rings is 1. The van der Waals surface area contributed by atoms with Crippen LogP contribution in [0, 0.1) is 5.41 Å². The second kappa shape index (κ2) is 7.15. The van der Waals surface area contributed by atoms with Crippen LogP contribution < -0.4 is 5.32 Å². The standard InChI is InChI=1S/C22H31N5O/c1-21(2,3)20-24-13-15-16(10-22(4,5)11-17(15)26-20)25-18-9-8-14(12-23-18)19(28)27(6)7/h8-9,12-13,16H,10-11H2,1-7H3,(H,23,25)/t16-/m0/s1. The Morgan fingerprint density at radius 1 is 1.18 bits per heavy atom. The van der Waals surface area contributed by atoms with Gasteiger partial charge in [-0.3, -0.25) is 4.79 Å². The maximum absolute atomic E-state index is 12.1. The molecule has 2 aromatic rings. The van der Waals surface area contributed by atoms with Gasteiger partial charge in [-0.15, -0.1) is 0 Å². The number of anilines is 1. The topological polar surface area (TPSA) is 71.0 Å². The minimum Gasteiger partial charge on any atom is -0.363 e. The number of hydrogen-bond donors (Lipinski definition) is 1. The van der Waals surface area contributed by atoms with E-state index < -0.39 is 0 Å². The van der Waals surface area contributed by atoms with Crippen molar-refractivity contribution in [1.29, 1.82) is 0 Å². The molecule has 1 N–H and O–H groups in total. The molecule has 0 spiro atoms. The van der Waals surface area contributed by atoms with Gasteiger partial charge in [0.1, 0.15) is 11.6 Å². The quantitative estimate of drug-likeness (QED) is 0.870. The molecular weight excluding hydrogens is 350 g/mol. The third-order valence-electron chi connectivity index (χ3n) is 5.09. The molecular formula is C22H31N5O. The largest absolute Gasteiger partial charge is 0.363 e. The first-order chi connectivity index (χ1) is 13.0. The van der Waals surface area contributed by atoms with Crippen molar-refractivity contribution in [2.75, 3.05) is 19.4 Å². The van der Waals surface area contributed by atoms with E-state index in [0.717, 1.165) is 35.7 Å². The van der Waals surface area contributed by atoms with E-state index in [2.05, 4.69) is 49.9 Å². The Morgan fingerprint density at radius 2 is 1.89 bits per heavy atom. The van der Waals surface area contributed by atoms with Crippen molar-refractivity contribution in [3.05, 3.63) is 47.2 Å². The van der Waals surface area contributed by atoms with Crippen molar-refractivity contribution in [1.82, 2.24) is 19.9 Å². The SMILES string of the molecule is CN(C)C(=O)c1ccc(N[C@H]2CC(C)(C)Cc3nc(C(C)(C)C)ncc32)nc1. The summed E-state index contributed by atoms with van der Waals surface area (Å²) in [4.78, 5) is 27.6. The van der Waals surface area contributed by atoms with Gasteiger partial charge in [0, 0.05) is 43.2 Å². The van der Waals surface area contributed by atoms with E-state index in [9.17, 15) is 4.79 Å². The summed E-state index contributed by atoms with van der Waals surface area (Å²) in [6.45, 7) is 11.0. The molecule has 2 heterocycles. The van der Waals surface area contributed by atoms with E-state index >= 15 is 0 Å². The fraction of sp³-hybridized carbons (Fsp3) is 0.545. The Balaban J connectivity index is 1.88. The van der Waals surface area contributed by atoms with Crippen molar-refractivity contribution < 1.29 is 4.79 Å². The molecule has 1 aliphatic rings. The van der Waals surface area contributed by atoms with E-state index in [-0.39, 0.29) is 22.8 Å². The molecule has 0 aromatic carbocycles. The second-order valence-corrected chi connectivity index (χ2v) is 9.72. The number of fused-ring (bicyclic) bond motifs is 1. The van der Waals surface area contributed by atoms with Gasteiger partial charge in [0.05, 0.1) is 11.6 Å². The van der Waals surface area contributed by atoms with Crippen molar-refractivity contribution in [2.24, 2.45) is 5.41 Å². The number of amides is 1. The van der Waals surface area contributed by atoms with E-state index in [0.29, 0.717) is 5.56 Å². The van der Waals surface area contributed by atoms with Crippen LogP contribution in [0.15, 0.2) is 24.5 Å². The molecule has 0 bridgehead atoms. The van der Waals surface area contributed by atoms with E-state index in [1.165, 1.54) is 0 Å². The van der Waals surface area contributed by atoms with Crippen LogP contribution in [0.2, 0.25) is 0 Å². The van der Waals surface area contributed by atoms with Crippen molar-refractivity contribution in [3.8, 4) is 0 Å². The fourth-order valence-corrected chi connectivity index (χ4v) is 3.58. The smallest absolute Gasteiger partial charge is 0.254 e. The Kier molecular flexibility index (Phi) is 5.17. The predicted octanol–water partition coefficient (Wildman–Crippen LogP) is 4.00. The van der Waals surface area contributed by atoms with Crippen LogP contribution in [-0.2, 0) is 11.8 Å². The first kappa shape index (κ1) is 20.2. The van der Waals surface area contributed by atoms with Crippen LogP contribution in [0.5, 0.6) is 0 Å². The zero-order valence-corrected chi connectivity index (χ0v) is 18.0. The number of aromatic nitrogens is 3. The summed E-state index contributed by atoms with van der Waals surface area (Å²) in [5, 5.41) is 3.53. The van der Waals surface area contributed by atoms with Crippen LogP contribution in [0.3, 0.4) is 0 Å². The average Bonchev–Trinajstić information content (AvgIpc) is 2.59. The van der Waals surface area contributed by atoms with E-state index in [1.54, 1.807) is 25.2 Å². The maximum Gasteiger partial charge on any atom is 0.254 e. The summed E-state index contributed by atoms with van der Waals surface area (Å²) in [5.74, 6) is 1.59. The molecule has 0 radical (unpaired) electrons. The zero-order valence-electron chi connectivity index (χ0n) is 18.0. The molecule has 1 aliphatic carbocycles. The lowest BCUT2D eigenvalue weighted by Gasteiger charge is -2.37. The molecule has 0 fully saturated rings. The number of rotatable bonds is 3. The van der Waals surface area contributed by atoms with Gasteiger partial charge in [-0.1, -0.05) is 34.6 Å². The summed E-state index contributed by atoms with van der Waals surface area (Å²) in [6, 6.07) is 3.77. The highest BCUT2D eigenvalue weighted by atomic mass is 16.2. The van der Waals surface area contributed by atoms with Gasteiger partial charge in [0.15, 0.2) is 0 Å². The molecule has 150 valence electrons. The third-order valence-corrected chi connectivity index (χ3v) is 5.09. The maximum atomic E-state index is 12.1. The Morgan fingerprint density at radius 3 is 2.46 bits per heavy atom. The highest BCUT2D eigenvalue weighted by molar-refractivity contribution is 5.93. The van der Waals surface area contributed by atoms with Crippen molar-refractivity contribution in [3.63, 3.8) is 0 Å². The van der Waals surface area contributed by atoms with Crippen LogP contribution in [-0.4, -0.2) is 39.9 Å². The van der Waals surface area contributed by atoms with Gasteiger partial charge in [-0.05, 0) is 30.4 Å². The molecule has 1 amide bonds. The van der Waals surface area contributed by atoms with Gasteiger partial charge >= 0.3 is 0 Å². The third kappa shape index (κ3) is 4.32. The van der Waals surface area contributed by atoms with Crippen LogP contribution in [0.25, 0.3) is 0 Å². The minimum absolute atomic E-state index is 0.0497. The summed E-state index contributed by atoms with van der Waals surface area (Å²) in [5.41, 5.74) is 2.90. The summed E-state index contributed by atoms with van der Waals surface area (Å²) >= 11 is 0. The van der Waals surface area contributed by atoms with Crippen molar-refractivity contribution >= 4 is 11.7 Å². The Labute approximate surface area is 167 Å². The van der Waals surface area contributed by atoms with Crippen LogP contribution in [0.1, 0.15) is 74.5 Å². The molecule has 0 saturated carbocycles. The fourth-order valence-electron chi connectivity index (χ4n) is 3.58. The Bertz CT molecular complexity index is 865. The summed E-state index contributed by atoms with van der Waals surface area (Å²) in [6.07, 6.45) is 5.51. The molecule has 0 unspecified atom stereocenters. The van der Waals surface area contributed by atoms with Gasteiger partial charge < -0.3 is 10.2 Å². The highest BCUT2D eigenvalue weighted by Crippen LogP contribution is 2.41. The number of carbonyl (C=O) groups excluding carboxylic acids is 1. The molecule has 0 aliphatic heterocycles. The lowest BCUT2D eigenvalue weighted by molar-refractivity contribution is 0.0827. The number of nitrogens with one attached hydrogen (secondary N) is 1. The molecule has 6 nitrogen and oxygen atoms in total. The average molecular weight is 382 g/mol. The van der Waals surface area contributed by atoms with Crippen LogP contribution in [0.4, 0.5) is 5.82 Å². The first-order valence-corrected chi connectivity index (χ1v) is 9.77. The van der Waals surface area contributed by atoms with Gasteiger partial charge in [-0.2, -0.15) is 0 Å². The highest BCUT2D eigenvalue weighted by Gasteiger charge is 2.34. The molecule has 28 heavy (non-hydrogen) atoms. The molecule has 3 rings (SSSR count). The van der Waals surface area contributed by atoms with Crippen molar-refractivity contribution in [2.45, 2.75) is 58.9 Å². The van der Waals surface area contributed by atoms with Gasteiger partial charge in [0.2, 0.25) is 0 Å². The first-order valence-electron chi connectivity index (χ1n) is 9.77. The lowest BCUT2D eigenvalue weighted by Crippen LogP contribution is -2.32. The normalized spacial score (nSPS) is 18.3. The molecule has 2 aromatic heterocycles. The minimum atomic E-state index is -0.0735. The van der Waals surface area contributed by atoms with Gasteiger partial charge in [-0.25, -0.2) is 15.0 Å². The van der Waals surface area contributed by atoms with E-state index in [1.807, 2.05) is 18.3 Å². The van der Waals surface area contributed by atoms with Crippen LogP contribution >= 0.6 is 0 Å². The van der Waals surface area contributed by atoms with Gasteiger partial charge in [0.25, 0.3) is 5.91 Å². The number of nitrogens with zero attached hydrogens (tertiary/aromatic N) is 4. The predicted molar refractivity (Wildman–Crippen MR) is 111 cm³/mol. The lowest BCUT2D eigenvalue weighted by atomic mass is 9.74. The monoisotopic (exact) mass is 381 g/mol. The summed E-state index contributed by atoms with van der Waals surface area (Å²) < 4.78 is 0. The number of hydrogen-bond acceptors (Lipinski definition) is 5. The summed E-state index contributed by atoms with van der Waals surface area (Å²) in [7, 11) is 3.47.